The van der Waals surface area contributed by atoms with Gasteiger partial charge in [-0.1, -0.05) is 58.3 Å². The molecule has 1 aromatic heterocycles. The van der Waals surface area contributed by atoms with Crippen molar-refractivity contribution >= 4 is 5.91 Å². The molecule has 0 saturated heterocycles. The van der Waals surface area contributed by atoms with Gasteiger partial charge in [-0.25, -0.2) is 4.68 Å². The SMILES string of the molecule is CCCCCCCCNC(=O)C1(n2cnnn2)CCCCC1. The molecule has 1 heterocycles. The summed E-state index contributed by atoms with van der Waals surface area (Å²) in [6, 6.07) is 0. The highest BCUT2D eigenvalue weighted by Gasteiger charge is 2.42. The minimum Gasteiger partial charge on any atom is -0.354 e. The third-order valence-electron chi connectivity index (χ3n) is 4.71. The number of unbranched alkanes of at least 4 members (excludes halogenated alkanes) is 5. The molecule has 6 heteroatoms. The van der Waals surface area contributed by atoms with E-state index in [4.69, 9.17) is 0 Å². The van der Waals surface area contributed by atoms with Gasteiger partial charge in [0.1, 0.15) is 11.9 Å². The largest absolute Gasteiger partial charge is 0.354 e. The summed E-state index contributed by atoms with van der Waals surface area (Å²) in [6.07, 6.45) is 14.0. The summed E-state index contributed by atoms with van der Waals surface area (Å²) in [5.41, 5.74) is -0.566. The number of nitrogens with one attached hydrogen (secondary N) is 1. The summed E-state index contributed by atoms with van der Waals surface area (Å²) in [5.74, 6) is 0.0908. The summed E-state index contributed by atoms with van der Waals surface area (Å²) >= 11 is 0. The van der Waals surface area contributed by atoms with Crippen LogP contribution in [0.4, 0.5) is 0 Å². The van der Waals surface area contributed by atoms with Gasteiger partial charge in [-0.05, 0) is 29.7 Å². The zero-order valence-electron chi connectivity index (χ0n) is 13.8. The highest BCUT2D eigenvalue weighted by atomic mass is 16.2. The van der Waals surface area contributed by atoms with Crippen LogP contribution in [0.25, 0.3) is 0 Å². The van der Waals surface area contributed by atoms with Crippen molar-refractivity contribution in [1.82, 2.24) is 25.5 Å². The van der Waals surface area contributed by atoms with Gasteiger partial charge in [0, 0.05) is 6.54 Å². The predicted octanol–water partition coefficient (Wildman–Crippen LogP) is 2.81. The predicted molar refractivity (Wildman–Crippen MR) is 85.3 cm³/mol. The van der Waals surface area contributed by atoms with Crippen molar-refractivity contribution in [3.8, 4) is 0 Å². The lowest BCUT2D eigenvalue weighted by atomic mass is 9.81. The summed E-state index contributed by atoms with van der Waals surface area (Å²) in [6.45, 7) is 2.98. The molecule has 0 unspecified atom stereocenters. The molecule has 1 aliphatic rings. The van der Waals surface area contributed by atoms with Crippen LogP contribution in [0.3, 0.4) is 0 Å². The van der Waals surface area contributed by atoms with Gasteiger partial charge in [-0.3, -0.25) is 4.79 Å². The lowest BCUT2D eigenvalue weighted by Crippen LogP contribution is -2.50. The number of nitrogens with zero attached hydrogens (tertiary/aromatic N) is 4. The number of aromatic nitrogens is 4. The Morgan fingerprint density at radius 1 is 1.14 bits per heavy atom. The third-order valence-corrected chi connectivity index (χ3v) is 4.71. The van der Waals surface area contributed by atoms with Crippen LogP contribution in [0, 0.1) is 0 Å². The Balaban J connectivity index is 1.80. The minimum atomic E-state index is -0.566. The Hall–Kier alpha value is -1.46. The second-order valence-corrected chi connectivity index (χ2v) is 6.37. The molecule has 0 aromatic carbocycles. The van der Waals surface area contributed by atoms with Crippen molar-refractivity contribution < 1.29 is 4.79 Å². The Labute approximate surface area is 133 Å². The molecule has 0 bridgehead atoms. The van der Waals surface area contributed by atoms with Gasteiger partial charge < -0.3 is 5.32 Å². The molecule has 0 atom stereocenters. The van der Waals surface area contributed by atoms with Gasteiger partial charge in [-0.15, -0.1) is 5.10 Å². The zero-order chi connectivity index (χ0) is 15.7. The van der Waals surface area contributed by atoms with Crippen molar-refractivity contribution in [1.29, 1.82) is 0 Å². The summed E-state index contributed by atoms with van der Waals surface area (Å²) < 4.78 is 1.67. The first-order valence-electron chi connectivity index (χ1n) is 8.81. The Kier molecular flexibility index (Phi) is 6.80. The molecule has 1 aliphatic carbocycles. The number of rotatable bonds is 9. The van der Waals surface area contributed by atoms with E-state index in [1.54, 1.807) is 11.0 Å². The van der Waals surface area contributed by atoms with Crippen LogP contribution >= 0.6 is 0 Å². The number of hydrogen-bond donors (Lipinski definition) is 1. The van der Waals surface area contributed by atoms with E-state index in [0.29, 0.717) is 0 Å². The fraction of sp³-hybridized carbons (Fsp3) is 0.875. The minimum absolute atomic E-state index is 0.0908. The Bertz CT molecular complexity index is 426. The lowest BCUT2D eigenvalue weighted by Gasteiger charge is -2.35. The molecule has 1 N–H and O–H groups in total. The maximum Gasteiger partial charge on any atom is 0.248 e. The summed E-state index contributed by atoms with van der Waals surface area (Å²) in [7, 11) is 0. The van der Waals surface area contributed by atoms with Gasteiger partial charge in [0.15, 0.2) is 0 Å². The average Bonchev–Trinajstić information content (AvgIpc) is 3.09. The van der Waals surface area contributed by atoms with Crippen molar-refractivity contribution in [2.75, 3.05) is 6.54 Å². The van der Waals surface area contributed by atoms with Crippen LogP contribution in [-0.2, 0) is 10.3 Å². The van der Waals surface area contributed by atoms with Crippen LogP contribution in [0.15, 0.2) is 6.33 Å². The first-order valence-corrected chi connectivity index (χ1v) is 8.81. The highest BCUT2D eigenvalue weighted by molar-refractivity contribution is 5.84. The molecule has 22 heavy (non-hydrogen) atoms. The number of hydrogen-bond acceptors (Lipinski definition) is 4. The Morgan fingerprint density at radius 2 is 1.86 bits per heavy atom. The first-order chi connectivity index (χ1) is 10.8. The quantitative estimate of drug-likeness (QED) is 0.712. The van der Waals surface area contributed by atoms with E-state index >= 15 is 0 Å². The van der Waals surface area contributed by atoms with E-state index in [1.807, 2.05) is 0 Å². The third kappa shape index (κ3) is 4.27. The monoisotopic (exact) mass is 307 g/mol. The fourth-order valence-electron chi connectivity index (χ4n) is 3.33. The van der Waals surface area contributed by atoms with E-state index < -0.39 is 5.54 Å². The van der Waals surface area contributed by atoms with Crippen molar-refractivity contribution in [2.24, 2.45) is 0 Å². The summed E-state index contributed by atoms with van der Waals surface area (Å²) in [4.78, 5) is 12.7. The zero-order valence-corrected chi connectivity index (χ0v) is 13.8. The maximum absolute atomic E-state index is 12.7. The van der Waals surface area contributed by atoms with Crippen LogP contribution in [-0.4, -0.2) is 32.7 Å². The van der Waals surface area contributed by atoms with Crippen molar-refractivity contribution in [3.05, 3.63) is 6.33 Å². The van der Waals surface area contributed by atoms with Gasteiger partial charge >= 0.3 is 0 Å². The molecule has 124 valence electrons. The highest BCUT2D eigenvalue weighted by Crippen LogP contribution is 2.34. The van der Waals surface area contributed by atoms with E-state index in [2.05, 4.69) is 27.8 Å². The van der Waals surface area contributed by atoms with Crippen LogP contribution in [0.5, 0.6) is 0 Å². The number of amides is 1. The molecule has 0 spiro atoms. The average molecular weight is 307 g/mol. The van der Waals surface area contributed by atoms with Crippen LogP contribution < -0.4 is 5.32 Å². The standard InChI is InChI=1S/C16H29N5O/c1-2-3-4-5-6-10-13-17-15(22)16(11-8-7-9-12-16)21-14-18-19-20-21/h14H,2-13H2,1H3,(H,17,22). The van der Waals surface area contributed by atoms with E-state index in [9.17, 15) is 4.79 Å². The maximum atomic E-state index is 12.7. The van der Waals surface area contributed by atoms with Crippen LogP contribution in [0.1, 0.15) is 77.6 Å². The molecular formula is C16H29N5O. The van der Waals surface area contributed by atoms with E-state index in [0.717, 1.165) is 38.6 Å². The molecular weight excluding hydrogens is 278 g/mol. The van der Waals surface area contributed by atoms with Gasteiger partial charge in [0.25, 0.3) is 0 Å². The normalized spacial score (nSPS) is 17.3. The smallest absolute Gasteiger partial charge is 0.248 e. The van der Waals surface area contributed by atoms with Crippen molar-refractivity contribution in [2.45, 2.75) is 83.1 Å². The van der Waals surface area contributed by atoms with E-state index in [1.165, 1.54) is 38.5 Å². The number of carbonyl (C=O) groups excluding carboxylic acids is 1. The van der Waals surface area contributed by atoms with Crippen molar-refractivity contribution in [3.63, 3.8) is 0 Å². The molecule has 6 nitrogen and oxygen atoms in total. The molecule has 1 saturated carbocycles. The van der Waals surface area contributed by atoms with Crippen LogP contribution in [0.2, 0.25) is 0 Å². The number of carbonyl (C=O) groups is 1. The topological polar surface area (TPSA) is 72.7 Å². The lowest BCUT2D eigenvalue weighted by molar-refractivity contribution is -0.132. The van der Waals surface area contributed by atoms with Gasteiger partial charge in [0.2, 0.25) is 5.91 Å². The Morgan fingerprint density at radius 3 is 2.55 bits per heavy atom. The molecule has 1 fully saturated rings. The molecule has 0 aliphatic heterocycles. The second-order valence-electron chi connectivity index (χ2n) is 6.37. The summed E-state index contributed by atoms with van der Waals surface area (Å²) in [5, 5.41) is 14.6. The molecule has 2 rings (SSSR count). The van der Waals surface area contributed by atoms with Gasteiger partial charge in [-0.2, -0.15) is 0 Å². The molecule has 0 radical (unpaired) electrons. The second kappa shape index (κ2) is 8.86. The number of tetrazole rings is 1. The molecule has 1 amide bonds. The fourth-order valence-corrected chi connectivity index (χ4v) is 3.33. The molecule has 1 aromatic rings. The van der Waals surface area contributed by atoms with Gasteiger partial charge in [0.05, 0.1) is 0 Å². The first kappa shape index (κ1) is 16.9. The van der Waals surface area contributed by atoms with E-state index in [-0.39, 0.29) is 5.91 Å².